The summed E-state index contributed by atoms with van der Waals surface area (Å²) in [6.45, 7) is 0. The zero-order valence-electron chi connectivity index (χ0n) is 27.0. The Labute approximate surface area is 287 Å². The Morgan fingerprint density at radius 1 is 0.340 bits per heavy atom. The minimum atomic E-state index is -0.628. The van der Waals surface area contributed by atoms with E-state index in [0.29, 0.717) is 0 Å². The third-order valence-corrected chi connectivity index (χ3v) is 11.3. The summed E-state index contributed by atoms with van der Waals surface area (Å²) in [5.41, 5.74) is 6.16. The van der Waals surface area contributed by atoms with Gasteiger partial charge in [-0.1, -0.05) is 146 Å². The zero-order chi connectivity index (χ0) is 33.1. The van der Waals surface area contributed by atoms with E-state index in [1.54, 1.807) is 0 Å². The quantitative estimate of drug-likeness (QED) is 0.107. The largest absolute Gasteiger partial charge is 0.290 e. The molecule has 50 heavy (non-hydrogen) atoms. The molecule has 0 heterocycles. The van der Waals surface area contributed by atoms with Crippen LogP contribution in [-0.2, 0) is 9.59 Å². The second-order valence-electron chi connectivity index (χ2n) is 13.8. The second kappa shape index (κ2) is 10.1. The summed E-state index contributed by atoms with van der Waals surface area (Å²) in [5.74, 6) is -1.87. The molecule has 232 valence electrons. The van der Waals surface area contributed by atoms with Crippen LogP contribution in [0.1, 0.15) is 23.0 Å². The van der Waals surface area contributed by atoms with Gasteiger partial charge in [0, 0.05) is 0 Å². The molecule has 2 heteroatoms. The maximum absolute atomic E-state index is 13.8. The average molecular weight is 637 g/mol. The molecule has 2 unspecified atom stereocenters. The molecule has 0 amide bonds. The number of ketones is 2. The van der Waals surface area contributed by atoms with E-state index in [1.807, 2.05) is 12.2 Å². The molecule has 3 aliphatic rings. The molecule has 3 aliphatic carbocycles. The lowest BCUT2D eigenvalue weighted by Gasteiger charge is -2.36. The zero-order valence-corrected chi connectivity index (χ0v) is 27.0. The van der Waals surface area contributed by atoms with Gasteiger partial charge in [-0.15, -0.1) is 0 Å². The molecule has 0 N–H and O–H groups in total. The van der Waals surface area contributed by atoms with Crippen molar-refractivity contribution in [3.63, 3.8) is 0 Å². The van der Waals surface area contributed by atoms with Gasteiger partial charge in [-0.3, -0.25) is 9.59 Å². The van der Waals surface area contributed by atoms with Crippen molar-refractivity contribution in [2.24, 2.45) is 0 Å². The molecule has 9 aromatic carbocycles. The van der Waals surface area contributed by atoms with Crippen LogP contribution in [0, 0.1) is 0 Å². The van der Waals surface area contributed by atoms with Crippen LogP contribution in [0.2, 0.25) is 0 Å². The molecule has 0 saturated heterocycles. The van der Waals surface area contributed by atoms with Crippen molar-refractivity contribution in [1.29, 1.82) is 0 Å². The van der Waals surface area contributed by atoms with E-state index in [1.165, 1.54) is 32.3 Å². The molecule has 2 nitrogen and oxygen atoms in total. The summed E-state index contributed by atoms with van der Waals surface area (Å²) in [6.07, 6.45) is 3.94. The molecule has 0 saturated carbocycles. The molecule has 12 rings (SSSR count). The lowest BCUT2D eigenvalue weighted by molar-refractivity contribution is -0.138. The van der Waals surface area contributed by atoms with Crippen molar-refractivity contribution in [3.05, 3.63) is 169 Å². The minimum absolute atomic E-state index is 0.311. The van der Waals surface area contributed by atoms with Gasteiger partial charge in [-0.25, -0.2) is 0 Å². The van der Waals surface area contributed by atoms with Crippen LogP contribution in [0.15, 0.2) is 158 Å². The van der Waals surface area contributed by atoms with Crippen molar-refractivity contribution < 1.29 is 9.59 Å². The Kier molecular flexibility index (Phi) is 5.55. The van der Waals surface area contributed by atoms with Crippen LogP contribution >= 0.6 is 0 Å². The topological polar surface area (TPSA) is 34.1 Å². The number of hydrogen-bond acceptors (Lipinski definition) is 2. The van der Waals surface area contributed by atoms with Gasteiger partial charge in [0.2, 0.25) is 11.6 Å². The van der Waals surface area contributed by atoms with E-state index in [9.17, 15) is 9.59 Å². The summed E-state index contributed by atoms with van der Waals surface area (Å²) in [5, 5.41) is 14.0. The smallest absolute Gasteiger partial charge is 0.210 e. The lowest BCUT2D eigenvalue weighted by Crippen LogP contribution is -2.36. The number of rotatable bonds is 2. The van der Waals surface area contributed by atoms with Crippen LogP contribution in [0.4, 0.5) is 0 Å². The third-order valence-electron chi connectivity index (χ3n) is 11.3. The van der Waals surface area contributed by atoms with Crippen LogP contribution in [0.3, 0.4) is 0 Å². The Bertz CT molecular complexity index is 3040. The van der Waals surface area contributed by atoms with Gasteiger partial charge in [0.15, 0.2) is 0 Å². The number of carbonyl (C=O) groups excluding carboxylic acids is 2. The van der Waals surface area contributed by atoms with Crippen molar-refractivity contribution in [3.8, 4) is 22.3 Å². The van der Waals surface area contributed by atoms with E-state index < -0.39 is 11.8 Å². The van der Waals surface area contributed by atoms with E-state index >= 15 is 0 Å². The highest BCUT2D eigenvalue weighted by Gasteiger charge is 2.46. The molecule has 2 bridgehead atoms. The van der Waals surface area contributed by atoms with Gasteiger partial charge < -0.3 is 0 Å². The predicted octanol–water partition coefficient (Wildman–Crippen LogP) is 11.8. The summed E-state index contributed by atoms with van der Waals surface area (Å²) < 4.78 is 0. The van der Waals surface area contributed by atoms with Crippen molar-refractivity contribution in [2.45, 2.75) is 11.8 Å². The minimum Gasteiger partial charge on any atom is -0.290 e. The van der Waals surface area contributed by atoms with Gasteiger partial charge in [-0.05, 0) is 110 Å². The van der Waals surface area contributed by atoms with Crippen LogP contribution in [-0.4, -0.2) is 11.6 Å². The second-order valence-corrected chi connectivity index (χ2v) is 13.8. The van der Waals surface area contributed by atoms with Crippen LogP contribution in [0.25, 0.3) is 86.9 Å². The normalized spacial score (nSPS) is 16.8. The van der Waals surface area contributed by atoms with Gasteiger partial charge in [0.25, 0.3) is 0 Å². The molecule has 2 atom stereocenters. The lowest BCUT2D eigenvalue weighted by atomic mass is 9.64. The number of benzene rings is 9. The number of fused-ring (bicyclic) bond motifs is 10. The predicted molar refractivity (Wildman–Crippen MR) is 207 cm³/mol. The molecule has 9 aromatic rings. The maximum atomic E-state index is 13.8. The van der Waals surface area contributed by atoms with Crippen LogP contribution in [0.5, 0.6) is 0 Å². The fourth-order valence-electron chi connectivity index (χ4n) is 9.05. The number of carbonyl (C=O) groups is 2. The fourth-order valence-corrected chi connectivity index (χ4v) is 9.05. The van der Waals surface area contributed by atoms with E-state index in [4.69, 9.17) is 0 Å². The van der Waals surface area contributed by atoms with Crippen LogP contribution < -0.4 is 0 Å². The van der Waals surface area contributed by atoms with Gasteiger partial charge in [-0.2, -0.15) is 0 Å². The summed E-state index contributed by atoms with van der Waals surface area (Å²) in [7, 11) is 0. The first-order chi connectivity index (χ1) is 24.6. The van der Waals surface area contributed by atoms with E-state index in [-0.39, 0.29) is 11.6 Å². The Morgan fingerprint density at radius 3 is 1.32 bits per heavy atom. The first-order valence-corrected chi connectivity index (χ1v) is 17.3. The average Bonchev–Trinajstić information content (AvgIpc) is 3.17. The van der Waals surface area contributed by atoms with E-state index in [2.05, 4.69) is 146 Å². The molecular weight excluding hydrogens is 609 g/mol. The summed E-state index contributed by atoms with van der Waals surface area (Å²) in [4.78, 5) is 27.6. The highest BCUT2D eigenvalue weighted by molar-refractivity contribution is 6.45. The molecular formula is C48H28O2. The van der Waals surface area contributed by atoms with Gasteiger partial charge >= 0.3 is 0 Å². The molecule has 0 spiro atoms. The van der Waals surface area contributed by atoms with Crippen molar-refractivity contribution in [1.82, 2.24) is 0 Å². The molecule has 0 aliphatic heterocycles. The highest BCUT2D eigenvalue weighted by Crippen LogP contribution is 2.55. The van der Waals surface area contributed by atoms with Gasteiger partial charge in [0.1, 0.15) is 0 Å². The monoisotopic (exact) mass is 636 g/mol. The first kappa shape index (κ1) is 27.6. The number of hydrogen-bond donors (Lipinski definition) is 0. The SMILES string of the molecule is O=C1C(=O)C2C=CC1c1c2c(-c2ccc3c(ccc4ccccc43)c2)c2c(ccc3ccccc32)c1-c1ccc2c(ccc3ccccc32)c1. The molecule has 0 fully saturated rings. The number of allylic oxidation sites excluding steroid dienone is 2. The Hall–Kier alpha value is -6.38. The summed E-state index contributed by atoms with van der Waals surface area (Å²) >= 11 is 0. The maximum Gasteiger partial charge on any atom is 0.210 e. The van der Waals surface area contributed by atoms with Crippen molar-refractivity contribution in [2.75, 3.05) is 0 Å². The third kappa shape index (κ3) is 3.68. The number of Topliss-reactive ketones (excluding diaryl/α,β-unsaturated/α-hetero) is 2. The first-order valence-electron chi connectivity index (χ1n) is 17.3. The Balaban J connectivity index is 1.30. The van der Waals surface area contributed by atoms with E-state index in [0.717, 1.165) is 65.7 Å². The van der Waals surface area contributed by atoms with Gasteiger partial charge in [0.05, 0.1) is 11.8 Å². The van der Waals surface area contributed by atoms with Crippen molar-refractivity contribution >= 4 is 76.2 Å². The fraction of sp³-hybridized carbons (Fsp3) is 0.0417. The Morgan fingerprint density at radius 2 is 0.740 bits per heavy atom. The highest BCUT2D eigenvalue weighted by atomic mass is 16.2. The molecule has 0 radical (unpaired) electrons. The summed E-state index contributed by atoms with van der Waals surface area (Å²) in [6, 6.07) is 52.1. The molecule has 0 aromatic heterocycles. The standard InChI is InChI=1S/C48H28O2/c49-47-40-23-24-41(48(47)50)46-43(33-19-21-37-31(26-33)16-14-28-8-2-5-11-35(28)37)44-38-12-6-3-9-29(38)17-22-39(44)42(45(40)46)32-18-20-36-30(25-32)15-13-27-7-1-4-10-34(27)36/h1-26,40-41H.